The second-order valence-electron chi connectivity index (χ2n) is 4.84. The van der Waals surface area contributed by atoms with Gasteiger partial charge in [-0.2, -0.15) is 0 Å². The van der Waals surface area contributed by atoms with Gasteiger partial charge in [-0.1, -0.05) is 12.1 Å². The van der Waals surface area contributed by atoms with Crippen molar-refractivity contribution in [1.29, 1.82) is 0 Å². The molecular weight excluding hydrogens is 228 g/mol. The van der Waals surface area contributed by atoms with Crippen LogP contribution < -0.4 is 10.2 Å². The first-order chi connectivity index (χ1) is 8.66. The lowest BCUT2D eigenvalue weighted by Crippen LogP contribution is -2.41. The monoisotopic (exact) mass is 248 g/mol. The van der Waals surface area contributed by atoms with E-state index in [2.05, 4.69) is 35.3 Å². The zero-order chi connectivity index (χ0) is 13.0. The second kappa shape index (κ2) is 5.87. The third kappa shape index (κ3) is 3.23. The fraction of sp³-hybridized carbons (Fsp3) is 0.500. The van der Waals surface area contributed by atoms with E-state index >= 15 is 0 Å². The summed E-state index contributed by atoms with van der Waals surface area (Å²) in [6.45, 7) is 4.67. The summed E-state index contributed by atoms with van der Waals surface area (Å²) >= 11 is 0. The van der Waals surface area contributed by atoms with E-state index in [0.29, 0.717) is 0 Å². The maximum absolute atomic E-state index is 11.0. The maximum atomic E-state index is 11.0. The number of carbonyl (C=O) groups is 1. The number of hydrogen-bond acceptors (Lipinski definition) is 3. The number of aliphatic carboxylic acids is 1. The summed E-state index contributed by atoms with van der Waals surface area (Å²) in [6.07, 6.45) is 1.23. The Morgan fingerprint density at radius 3 is 3.11 bits per heavy atom. The topological polar surface area (TPSA) is 52.6 Å². The molecule has 98 valence electrons. The van der Waals surface area contributed by atoms with E-state index in [1.165, 1.54) is 5.56 Å². The third-order valence-electron chi connectivity index (χ3n) is 3.32. The van der Waals surface area contributed by atoms with E-state index in [1.54, 1.807) is 0 Å². The molecule has 1 aromatic rings. The molecule has 1 unspecified atom stereocenters. The highest BCUT2D eigenvalue weighted by Crippen LogP contribution is 2.21. The van der Waals surface area contributed by atoms with Crippen molar-refractivity contribution in [3.63, 3.8) is 0 Å². The maximum Gasteiger partial charge on any atom is 0.305 e. The van der Waals surface area contributed by atoms with Crippen LogP contribution in [0.4, 0.5) is 5.69 Å². The van der Waals surface area contributed by atoms with Crippen LogP contribution in [0.5, 0.6) is 0 Å². The van der Waals surface area contributed by atoms with Crippen LogP contribution in [0.25, 0.3) is 0 Å². The van der Waals surface area contributed by atoms with Crippen molar-refractivity contribution >= 4 is 11.7 Å². The van der Waals surface area contributed by atoms with Crippen molar-refractivity contribution in [3.05, 3.63) is 29.8 Å². The molecule has 4 heteroatoms. The number of nitrogens with one attached hydrogen (secondary N) is 1. The van der Waals surface area contributed by atoms with Crippen molar-refractivity contribution in [3.8, 4) is 0 Å². The molecule has 1 fully saturated rings. The minimum absolute atomic E-state index is 0.0341. The van der Waals surface area contributed by atoms with E-state index < -0.39 is 5.97 Å². The standard InChI is InChI=1S/C14H20N2O2/c1-11-4-2-5-12(8-11)16-7-3-6-15-10-13(16)9-14(17)18/h2,4-5,8,13,15H,3,6-7,9-10H2,1H3,(H,17,18). The Kier molecular flexibility index (Phi) is 4.20. The summed E-state index contributed by atoms with van der Waals surface area (Å²) in [4.78, 5) is 13.2. The van der Waals surface area contributed by atoms with E-state index in [1.807, 2.05) is 6.07 Å². The van der Waals surface area contributed by atoms with Crippen LogP contribution in [0.15, 0.2) is 24.3 Å². The molecule has 2 rings (SSSR count). The van der Waals surface area contributed by atoms with Gasteiger partial charge in [-0.05, 0) is 37.6 Å². The number of benzene rings is 1. The molecular formula is C14H20N2O2. The lowest BCUT2D eigenvalue weighted by molar-refractivity contribution is -0.137. The number of carboxylic acids is 1. The Bertz CT molecular complexity index is 420. The van der Waals surface area contributed by atoms with Crippen LogP contribution in [0.3, 0.4) is 0 Å². The number of nitrogens with zero attached hydrogens (tertiary/aromatic N) is 1. The van der Waals surface area contributed by atoms with Gasteiger partial charge in [0, 0.05) is 18.8 Å². The molecule has 0 bridgehead atoms. The number of anilines is 1. The van der Waals surface area contributed by atoms with Crippen LogP contribution in [-0.4, -0.2) is 36.8 Å². The molecule has 1 aliphatic rings. The molecule has 0 aromatic heterocycles. The van der Waals surface area contributed by atoms with Gasteiger partial charge in [0.15, 0.2) is 0 Å². The fourth-order valence-electron chi connectivity index (χ4n) is 2.47. The van der Waals surface area contributed by atoms with E-state index in [4.69, 9.17) is 5.11 Å². The quantitative estimate of drug-likeness (QED) is 0.854. The average molecular weight is 248 g/mol. The lowest BCUT2D eigenvalue weighted by atomic mass is 10.1. The summed E-state index contributed by atoms with van der Waals surface area (Å²) in [5, 5.41) is 12.3. The summed E-state index contributed by atoms with van der Waals surface area (Å²) < 4.78 is 0. The molecule has 0 amide bonds. The molecule has 1 heterocycles. The Balaban J connectivity index is 2.22. The van der Waals surface area contributed by atoms with Gasteiger partial charge in [0.2, 0.25) is 0 Å². The van der Waals surface area contributed by atoms with Crippen LogP contribution in [0.1, 0.15) is 18.4 Å². The molecule has 0 aliphatic carbocycles. The van der Waals surface area contributed by atoms with Crippen molar-refractivity contribution in [2.75, 3.05) is 24.5 Å². The third-order valence-corrected chi connectivity index (χ3v) is 3.32. The zero-order valence-corrected chi connectivity index (χ0v) is 10.7. The molecule has 1 saturated heterocycles. The minimum Gasteiger partial charge on any atom is -0.481 e. The summed E-state index contributed by atoms with van der Waals surface area (Å²) in [5.41, 5.74) is 2.34. The van der Waals surface area contributed by atoms with Crippen molar-refractivity contribution < 1.29 is 9.90 Å². The Morgan fingerprint density at radius 2 is 2.39 bits per heavy atom. The Labute approximate surface area is 108 Å². The van der Waals surface area contributed by atoms with Crippen molar-refractivity contribution in [2.45, 2.75) is 25.8 Å². The minimum atomic E-state index is -0.735. The summed E-state index contributed by atoms with van der Waals surface area (Å²) in [7, 11) is 0. The molecule has 0 radical (unpaired) electrons. The normalized spacial score (nSPS) is 20.5. The van der Waals surface area contributed by atoms with Crippen LogP contribution >= 0.6 is 0 Å². The average Bonchev–Trinajstić information content (AvgIpc) is 2.54. The first kappa shape index (κ1) is 12.9. The van der Waals surface area contributed by atoms with Crippen molar-refractivity contribution in [2.24, 2.45) is 0 Å². The van der Waals surface area contributed by atoms with E-state index in [-0.39, 0.29) is 12.5 Å². The van der Waals surface area contributed by atoms with Crippen LogP contribution in [0.2, 0.25) is 0 Å². The van der Waals surface area contributed by atoms with E-state index in [9.17, 15) is 4.79 Å². The van der Waals surface area contributed by atoms with Crippen molar-refractivity contribution in [1.82, 2.24) is 5.32 Å². The first-order valence-corrected chi connectivity index (χ1v) is 6.42. The fourth-order valence-corrected chi connectivity index (χ4v) is 2.47. The van der Waals surface area contributed by atoms with Gasteiger partial charge in [0.25, 0.3) is 0 Å². The van der Waals surface area contributed by atoms with Crippen LogP contribution in [0, 0.1) is 6.92 Å². The first-order valence-electron chi connectivity index (χ1n) is 6.42. The number of aryl methyl sites for hydroxylation is 1. The molecule has 0 spiro atoms. The highest BCUT2D eigenvalue weighted by atomic mass is 16.4. The SMILES string of the molecule is Cc1cccc(N2CCCNCC2CC(=O)O)c1. The summed E-state index contributed by atoms with van der Waals surface area (Å²) in [6, 6.07) is 8.31. The number of rotatable bonds is 3. The summed E-state index contributed by atoms with van der Waals surface area (Å²) in [5.74, 6) is -0.735. The van der Waals surface area contributed by atoms with Gasteiger partial charge >= 0.3 is 5.97 Å². The molecule has 1 aliphatic heterocycles. The van der Waals surface area contributed by atoms with E-state index in [0.717, 1.165) is 31.7 Å². The lowest BCUT2D eigenvalue weighted by Gasteiger charge is -2.31. The van der Waals surface area contributed by atoms with Gasteiger partial charge in [-0.15, -0.1) is 0 Å². The van der Waals surface area contributed by atoms with Gasteiger partial charge in [0.1, 0.15) is 0 Å². The molecule has 2 N–H and O–H groups in total. The largest absolute Gasteiger partial charge is 0.481 e. The predicted octanol–water partition coefficient (Wildman–Crippen LogP) is 1.64. The van der Waals surface area contributed by atoms with Gasteiger partial charge in [-0.3, -0.25) is 4.79 Å². The predicted molar refractivity (Wildman–Crippen MR) is 72.1 cm³/mol. The van der Waals surface area contributed by atoms with Gasteiger partial charge in [0.05, 0.1) is 12.5 Å². The van der Waals surface area contributed by atoms with Gasteiger partial charge < -0.3 is 15.3 Å². The molecule has 18 heavy (non-hydrogen) atoms. The number of carboxylic acid groups (broad SMARTS) is 1. The molecule has 4 nitrogen and oxygen atoms in total. The highest BCUT2D eigenvalue weighted by molar-refractivity contribution is 5.68. The highest BCUT2D eigenvalue weighted by Gasteiger charge is 2.23. The number of hydrogen-bond donors (Lipinski definition) is 2. The Hall–Kier alpha value is -1.55. The smallest absolute Gasteiger partial charge is 0.305 e. The second-order valence-corrected chi connectivity index (χ2v) is 4.84. The molecule has 1 atom stereocenters. The Morgan fingerprint density at radius 1 is 1.56 bits per heavy atom. The molecule has 1 aromatic carbocycles. The van der Waals surface area contributed by atoms with Gasteiger partial charge in [-0.25, -0.2) is 0 Å². The van der Waals surface area contributed by atoms with Crippen LogP contribution in [-0.2, 0) is 4.79 Å². The molecule has 0 saturated carbocycles. The zero-order valence-electron chi connectivity index (χ0n) is 10.7.